The largest absolute Gasteiger partial charge is 0.467 e. The van der Waals surface area contributed by atoms with Crippen molar-refractivity contribution in [3.63, 3.8) is 0 Å². The van der Waals surface area contributed by atoms with Gasteiger partial charge in [-0.2, -0.15) is 0 Å². The van der Waals surface area contributed by atoms with E-state index in [4.69, 9.17) is 33.2 Å². The van der Waals surface area contributed by atoms with Crippen LogP contribution in [0.1, 0.15) is 258 Å². The van der Waals surface area contributed by atoms with Crippen LogP contribution in [0.2, 0.25) is 0 Å². The number of nitrogens with zero attached hydrogens (tertiary/aromatic N) is 4. The van der Waals surface area contributed by atoms with E-state index in [1.54, 1.807) is 125 Å². The first kappa shape index (κ1) is 103. The Hall–Kier alpha value is -8.93. The number of carbonyl (C=O) groups excluding carboxylic acids is 13. The van der Waals surface area contributed by atoms with Crippen molar-refractivity contribution < 1.29 is 95.5 Å². The number of hydrogen-bond acceptors (Lipinski definition) is 22. The van der Waals surface area contributed by atoms with Crippen molar-refractivity contribution in [3.8, 4) is 0 Å². The highest BCUT2D eigenvalue weighted by molar-refractivity contribution is 5.93. The van der Waals surface area contributed by atoms with Crippen LogP contribution in [0.3, 0.4) is 0 Å². The van der Waals surface area contributed by atoms with Crippen molar-refractivity contribution in [3.05, 3.63) is 71.8 Å². The molecule has 3 heterocycles. The summed E-state index contributed by atoms with van der Waals surface area (Å²) in [6.45, 7) is 34.0. The number of hydrogen-bond donors (Lipinski definition) is 6. The van der Waals surface area contributed by atoms with Crippen molar-refractivity contribution >= 4 is 77.5 Å². The van der Waals surface area contributed by atoms with E-state index in [2.05, 4.69) is 31.9 Å². The molecule has 3 aliphatic heterocycles. The first-order chi connectivity index (χ1) is 55.8. The minimum absolute atomic E-state index is 0.0473. The summed E-state index contributed by atoms with van der Waals surface area (Å²) in [5, 5.41) is 18.2. The molecule has 3 saturated heterocycles. The summed E-state index contributed by atoms with van der Waals surface area (Å²) in [4.78, 5) is 188. The highest BCUT2D eigenvalue weighted by Crippen LogP contribution is 2.32. The summed E-state index contributed by atoms with van der Waals surface area (Å²) in [6, 6.07) is 14.6. The number of ether oxygens (including phenoxy) is 7. The van der Waals surface area contributed by atoms with Crippen LogP contribution in [0.25, 0.3) is 0 Å². The molecule has 8 amide bonds. The number of carbonyl (C=O) groups is 13. The third-order valence-corrected chi connectivity index (χ3v) is 19.4. The van der Waals surface area contributed by atoms with Gasteiger partial charge in [-0.1, -0.05) is 93.3 Å². The molecule has 0 aliphatic carbocycles. The smallest absolute Gasteiger partial charge is 0.410 e. The van der Waals surface area contributed by atoms with E-state index in [-0.39, 0.29) is 153 Å². The lowest BCUT2D eigenvalue weighted by Crippen LogP contribution is -2.59. The number of rotatable bonds is 36. The number of fused-ring (bicyclic) bond motifs is 15. The summed E-state index contributed by atoms with van der Waals surface area (Å²) >= 11 is 0. The standard InChI is InChI=1S/C90H146N10O20/c1-83(2,3)115-74(105)46-45-70(77(108)116-84(4,5)6)96-78(109)95-69(76(107)114-20)42-33-34-47-93-73(104)44-32-24-22-21-23-31-43-72(103)71(55-65-38-29-26-30-39-65)94-75(106)66(54-64-36-27-25-28-37-64)56-67(101)40-35-41-68(102)57-90-59-92-49-48-91-58-89(19,60-97(79(110)117-85(7,8)9)50-52-99(62-90)81(112)119-87(13,14)15)61-98(80(111)118-86(10,11)12)51-53-100(63-90)82(113)120-88(16,17)18/h25-30,36-39,66,69-71,91-92H,21-24,31-35,40-63H2,1-20H3,(H,93,104)(H,94,106)(H2,95,96,109)/t66-,69-,70-,71+,89?,90?/m0/s1. The lowest BCUT2D eigenvalue weighted by Gasteiger charge is -2.45. The molecule has 2 bridgehead atoms. The molecule has 3 aliphatic rings. The normalized spacial score (nSPS) is 17.9. The van der Waals surface area contributed by atoms with Crippen molar-refractivity contribution in [2.24, 2.45) is 16.7 Å². The molecule has 676 valence electrons. The number of nitrogens with one attached hydrogen (secondary N) is 6. The molecule has 3 fully saturated rings. The summed E-state index contributed by atoms with van der Waals surface area (Å²) in [5.41, 5.74) is -5.99. The first-order valence-corrected chi connectivity index (χ1v) is 42.9. The second-order valence-corrected chi connectivity index (χ2v) is 38.6. The van der Waals surface area contributed by atoms with Gasteiger partial charge >= 0.3 is 48.3 Å². The molecule has 0 saturated carbocycles. The van der Waals surface area contributed by atoms with Gasteiger partial charge in [-0.3, -0.25) is 28.8 Å². The lowest BCUT2D eigenvalue weighted by atomic mass is 9.80. The second-order valence-electron chi connectivity index (χ2n) is 38.6. The zero-order valence-corrected chi connectivity index (χ0v) is 75.9. The van der Waals surface area contributed by atoms with Gasteiger partial charge in [0.25, 0.3) is 0 Å². The fourth-order valence-electron chi connectivity index (χ4n) is 14.1. The monoisotopic (exact) mass is 1690 g/mol. The molecule has 2 aromatic carbocycles. The average molecular weight is 1690 g/mol. The average Bonchev–Trinajstić information content (AvgIpc) is 0.797. The van der Waals surface area contributed by atoms with Gasteiger partial charge in [0.05, 0.1) is 13.2 Å². The Morgan fingerprint density at radius 3 is 1.32 bits per heavy atom. The van der Waals surface area contributed by atoms with Gasteiger partial charge in [-0.05, 0) is 194 Å². The molecule has 30 heteroatoms. The van der Waals surface area contributed by atoms with E-state index in [1.165, 1.54) is 26.7 Å². The van der Waals surface area contributed by atoms with E-state index in [0.29, 0.717) is 58.3 Å². The second kappa shape index (κ2) is 48.6. The molecular formula is C90H146N10O20. The topological polar surface area (TPSA) is 372 Å². The highest BCUT2D eigenvalue weighted by atomic mass is 16.6. The third kappa shape index (κ3) is 43.5. The number of benzene rings is 2. The van der Waals surface area contributed by atoms with Gasteiger partial charge in [-0.25, -0.2) is 33.6 Å². The quantitative estimate of drug-likeness (QED) is 0.0210. The predicted molar refractivity (Wildman–Crippen MR) is 457 cm³/mol. The van der Waals surface area contributed by atoms with Gasteiger partial charge < -0.3 is 84.7 Å². The molecule has 30 nitrogen and oxygen atoms in total. The Kier molecular flexibility index (Phi) is 41.9. The Bertz CT molecular complexity index is 3550. The summed E-state index contributed by atoms with van der Waals surface area (Å²) in [7, 11) is 1.19. The van der Waals surface area contributed by atoms with Crippen LogP contribution in [0.5, 0.6) is 0 Å². The number of urea groups is 1. The van der Waals surface area contributed by atoms with E-state index in [9.17, 15) is 57.5 Å². The van der Waals surface area contributed by atoms with E-state index in [0.717, 1.165) is 36.8 Å². The highest BCUT2D eigenvalue weighted by Gasteiger charge is 2.44. The van der Waals surface area contributed by atoms with Gasteiger partial charge in [0.2, 0.25) is 11.8 Å². The number of Topliss-reactive ketones (excluding diaryl/α,β-unsaturated/α-hetero) is 3. The molecule has 0 spiro atoms. The maximum Gasteiger partial charge on any atom is 0.410 e. The SMILES string of the molecule is COC(=O)[C@H](CCCCNC(=O)CCCCCCCCC(=O)[C@@H](Cc1ccccc1)NC(=O)[C@H](CC(=O)CCCC(=O)CC12CNCCNCC(C)(CN(C(=O)OC(C)(C)C)CCN(C(=O)OC(C)(C)C)C1)CN(C(=O)OC(C)(C)C)CCN(C(=O)OC(C)(C)C)C2)Cc1ccccc1)NC(=O)N[C@@H](CCC(=O)OC(C)(C)C)C(=O)OC(C)(C)C. The van der Waals surface area contributed by atoms with Crippen molar-refractivity contribution in [2.45, 2.75) is 312 Å². The zero-order chi connectivity index (χ0) is 89.9. The van der Waals surface area contributed by atoms with E-state index in [1.807, 2.05) is 67.6 Å². The van der Waals surface area contributed by atoms with Crippen LogP contribution < -0.4 is 31.9 Å². The molecular weight excluding hydrogens is 1540 g/mol. The van der Waals surface area contributed by atoms with Crippen molar-refractivity contribution in [2.75, 3.05) is 92.2 Å². The number of ketones is 3. The van der Waals surface area contributed by atoms with Gasteiger partial charge in [0, 0.05) is 147 Å². The summed E-state index contributed by atoms with van der Waals surface area (Å²) < 4.78 is 40.0. The number of esters is 3. The first-order valence-electron chi connectivity index (χ1n) is 42.9. The Balaban J connectivity index is 1.47. The van der Waals surface area contributed by atoms with Gasteiger partial charge in [0.1, 0.15) is 57.3 Å². The molecule has 0 radical (unpaired) electrons. The molecule has 0 aromatic heterocycles. The van der Waals surface area contributed by atoms with Crippen molar-refractivity contribution in [1.29, 1.82) is 0 Å². The maximum absolute atomic E-state index is 15.1. The summed E-state index contributed by atoms with van der Waals surface area (Å²) in [6.07, 6.45) is 2.80. The van der Waals surface area contributed by atoms with Crippen LogP contribution >= 0.6 is 0 Å². The number of unbranched alkanes of at least 4 members (excludes halogenated alkanes) is 6. The lowest BCUT2D eigenvalue weighted by molar-refractivity contribution is -0.158. The molecule has 0 unspecified atom stereocenters. The summed E-state index contributed by atoms with van der Waals surface area (Å²) in [5.74, 6) is -4.22. The van der Waals surface area contributed by atoms with Crippen LogP contribution in [0, 0.1) is 16.7 Å². The van der Waals surface area contributed by atoms with Gasteiger partial charge in [0.15, 0.2) is 5.78 Å². The molecule has 5 rings (SSSR count). The Morgan fingerprint density at radius 1 is 0.425 bits per heavy atom. The van der Waals surface area contributed by atoms with Crippen LogP contribution in [0.15, 0.2) is 60.7 Å². The Morgan fingerprint density at radius 2 is 0.850 bits per heavy atom. The number of methoxy groups -OCH3 is 1. The Labute approximate surface area is 713 Å². The number of amides is 8. The molecule has 2 aromatic rings. The van der Waals surface area contributed by atoms with Crippen LogP contribution in [0.4, 0.5) is 24.0 Å². The minimum Gasteiger partial charge on any atom is -0.467 e. The fraction of sp³-hybridized carbons (Fsp3) is 0.722. The van der Waals surface area contributed by atoms with Crippen LogP contribution in [-0.2, 0) is 84.4 Å². The third-order valence-electron chi connectivity index (χ3n) is 19.4. The molecule has 6 N–H and O–H groups in total. The molecule has 4 atom stereocenters. The van der Waals surface area contributed by atoms with Crippen LogP contribution in [-0.4, -0.2) is 241 Å². The molecule has 120 heavy (non-hydrogen) atoms. The van der Waals surface area contributed by atoms with E-state index < -0.39 is 123 Å². The maximum atomic E-state index is 15.1. The van der Waals surface area contributed by atoms with Gasteiger partial charge in [-0.15, -0.1) is 0 Å². The minimum atomic E-state index is -1.32. The fourth-order valence-corrected chi connectivity index (χ4v) is 14.1. The van der Waals surface area contributed by atoms with Crippen molar-refractivity contribution in [1.82, 2.24) is 51.5 Å². The van der Waals surface area contributed by atoms with E-state index >= 15 is 4.79 Å². The zero-order valence-electron chi connectivity index (χ0n) is 75.9. The predicted octanol–water partition coefficient (Wildman–Crippen LogP) is 12.5.